The van der Waals surface area contributed by atoms with Crippen LogP contribution in [-0.4, -0.2) is 92.3 Å². The van der Waals surface area contributed by atoms with E-state index in [4.69, 9.17) is 4.74 Å². The highest BCUT2D eigenvalue weighted by Crippen LogP contribution is 2.23. The molecule has 3 amide bonds. The van der Waals surface area contributed by atoms with Crippen molar-refractivity contribution in [2.45, 2.75) is 56.7 Å². The number of nitrogens with zero attached hydrogens (tertiary/aromatic N) is 2. The second-order valence-corrected chi connectivity index (χ2v) is 13.2. The molecule has 47 heavy (non-hydrogen) atoms. The summed E-state index contributed by atoms with van der Waals surface area (Å²) in [5.74, 6) is -1.39. The van der Waals surface area contributed by atoms with E-state index in [-0.39, 0.29) is 23.5 Å². The van der Waals surface area contributed by atoms with E-state index in [1.54, 1.807) is 37.1 Å². The third kappa shape index (κ3) is 10.2. The number of benzene rings is 2. The number of rotatable bonds is 15. The van der Waals surface area contributed by atoms with Gasteiger partial charge in [-0.1, -0.05) is 54.1 Å². The number of hydrogen-bond donors (Lipinski definition) is 5. The van der Waals surface area contributed by atoms with Crippen molar-refractivity contribution in [3.05, 3.63) is 89.1 Å². The number of likely N-dealkylation sites (tertiary alicyclic amines) is 1. The first-order chi connectivity index (χ1) is 22.4. The first-order valence-corrected chi connectivity index (χ1v) is 16.9. The van der Waals surface area contributed by atoms with Crippen LogP contribution in [0.4, 0.5) is 10.6 Å². The van der Waals surface area contributed by atoms with Gasteiger partial charge in [0.15, 0.2) is 0 Å². The van der Waals surface area contributed by atoms with Gasteiger partial charge in [0.2, 0.25) is 15.9 Å². The van der Waals surface area contributed by atoms with Crippen LogP contribution in [0, 0.1) is 20.8 Å². The molecule has 3 unspecified atom stereocenters. The molecule has 1 aromatic heterocycles. The molecule has 13 nitrogen and oxygen atoms in total. The van der Waals surface area contributed by atoms with Crippen molar-refractivity contribution in [1.29, 1.82) is 0 Å². The van der Waals surface area contributed by atoms with Crippen LogP contribution in [0.1, 0.15) is 28.7 Å². The minimum absolute atomic E-state index is 0.00555. The molecule has 252 valence electrons. The highest BCUT2D eigenvalue weighted by atomic mass is 32.2. The van der Waals surface area contributed by atoms with Gasteiger partial charge in [0.25, 0.3) is 0 Å². The van der Waals surface area contributed by atoms with E-state index in [1.807, 2.05) is 55.5 Å². The molecule has 0 radical (unpaired) electrons. The second-order valence-electron chi connectivity index (χ2n) is 11.6. The Morgan fingerprint density at radius 1 is 1.02 bits per heavy atom. The summed E-state index contributed by atoms with van der Waals surface area (Å²) in [4.78, 5) is 43.7. The Morgan fingerprint density at radius 3 is 2.38 bits per heavy atom. The number of carbonyl (C=O) groups is 3. The van der Waals surface area contributed by atoms with Crippen molar-refractivity contribution in [3.63, 3.8) is 0 Å². The van der Waals surface area contributed by atoms with E-state index in [0.29, 0.717) is 42.9 Å². The fourth-order valence-corrected chi connectivity index (χ4v) is 7.31. The van der Waals surface area contributed by atoms with E-state index in [0.717, 1.165) is 11.1 Å². The zero-order chi connectivity index (χ0) is 34.0. The van der Waals surface area contributed by atoms with Crippen LogP contribution in [-0.2, 0) is 30.8 Å². The predicted octanol–water partition coefficient (Wildman–Crippen LogP) is 2.38. The Kier molecular flexibility index (Phi) is 12.3. The van der Waals surface area contributed by atoms with Crippen molar-refractivity contribution in [3.8, 4) is 0 Å². The molecule has 14 heteroatoms. The molecule has 1 fully saturated rings. The molecular formula is C33H42N6O7S. The molecule has 1 saturated heterocycles. The largest absolute Gasteiger partial charge is 0.480 e. The molecular weight excluding hydrogens is 624 g/mol. The lowest BCUT2D eigenvalue weighted by atomic mass is 10.1. The monoisotopic (exact) mass is 666 g/mol. The first kappa shape index (κ1) is 35.3. The highest BCUT2D eigenvalue weighted by molar-refractivity contribution is 7.89. The quantitative estimate of drug-likeness (QED) is 0.163. The fourth-order valence-electron chi connectivity index (χ4n) is 5.66. The van der Waals surface area contributed by atoms with Gasteiger partial charge in [-0.05, 0) is 62.4 Å². The van der Waals surface area contributed by atoms with E-state index in [2.05, 4.69) is 25.7 Å². The van der Waals surface area contributed by atoms with Gasteiger partial charge >= 0.3 is 12.0 Å². The molecule has 2 heterocycles. The zero-order valence-electron chi connectivity index (χ0n) is 26.7. The van der Waals surface area contributed by atoms with Crippen molar-refractivity contribution >= 4 is 33.7 Å². The van der Waals surface area contributed by atoms with Gasteiger partial charge in [-0.15, -0.1) is 0 Å². The maximum absolute atomic E-state index is 13.2. The average molecular weight is 667 g/mol. The summed E-state index contributed by atoms with van der Waals surface area (Å²) in [6.45, 7) is 5.34. The van der Waals surface area contributed by atoms with Crippen molar-refractivity contribution in [1.82, 2.24) is 25.2 Å². The molecule has 4 rings (SSSR count). The summed E-state index contributed by atoms with van der Waals surface area (Å²) >= 11 is 0. The van der Waals surface area contributed by atoms with Crippen molar-refractivity contribution < 1.29 is 32.6 Å². The van der Waals surface area contributed by atoms with Crippen LogP contribution in [0.25, 0.3) is 0 Å². The lowest BCUT2D eigenvalue weighted by molar-refractivity contribution is -0.139. The molecule has 5 N–H and O–H groups in total. The minimum Gasteiger partial charge on any atom is -0.480 e. The number of aromatic nitrogens is 1. The number of aliphatic carboxylic acids is 1. The van der Waals surface area contributed by atoms with Gasteiger partial charge in [0.05, 0.1) is 17.0 Å². The summed E-state index contributed by atoms with van der Waals surface area (Å²) in [5.41, 5.74) is 2.96. The lowest BCUT2D eigenvalue weighted by Gasteiger charge is -2.25. The Labute approximate surface area is 275 Å². The van der Waals surface area contributed by atoms with Crippen LogP contribution < -0.4 is 20.7 Å². The number of anilines is 1. The van der Waals surface area contributed by atoms with Crippen LogP contribution in [0.2, 0.25) is 0 Å². The second kappa shape index (κ2) is 16.3. The normalized spacial score (nSPS) is 16.8. The fraction of sp³-hybridized carbons (Fsp3) is 0.394. The Hall–Kier alpha value is -4.53. The van der Waals surface area contributed by atoms with Gasteiger partial charge < -0.3 is 30.7 Å². The molecule has 0 spiro atoms. The minimum atomic E-state index is -4.19. The van der Waals surface area contributed by atoms with Crippen LogP contribution in [0.5, 0.6) is 0 Å². The van der Waals surface area contributed by atoms with Gasteiger partial charge in [-0.25, -0.2) is 18.2 Å². The number of sulfonamides is 1. The Morgan fingerprint density at radius 2 is 1.72 bits per heavy atom. The number of carboxylic acid groups (broad SMARTS) is 1. The van der Waals surface area contributed by atoms with E-state index < -0.39 is 47.2 Å². The molecule has 1 aliphatic heterocycles. The number of carbonyl (C=O) groups excluding carboxylic acids is 2. The third-order valence-corrected chi connectivity index (χ3v) is 9.55. The van der Waals surface area contributed by atoms with E-state index >= 15 is 0 Å². The molecule has 1 aliphatic rings. The van der Waals surface area contributed by atoms with E-state index in [1.165, 1.54) is 0 Å². The maximum Gasteiger partial charge on any atom is 0.323 e. The van der Waals surface area contributed by atoms with Crippen LogP contribution in [0.3, 0.4) is 0 Å². The van der Waals surface area contributed by atoms with Crippen molar-refractivity contribution in [2.24, 2.45) is 0 Å². The van der Waals surface area contributed by atoms with Gasteiger partial charge in [-0.3, -0.25) is 9.59 Å². The van der Waals surface area contributed by atoms with Gasteiger partial charge in [0.1, 0.15) is 18.5 Å². The van der Waals surface area contributed by atoms with E-state index in [9.17, 15) is 27.9 Å². The highest BCUT2D eigenvalue weighted by Gasteiger charge is 2.36. The molecule has 0 bridgehead atoms. The molecule has 0 saturated carbocycles. The van der Waals surface area contributed by atoms with Gasteiger partial charge in [0, 0.05) is 32.4 Å². The summed E-state index contributed by atoms with van der Waals surface area (Å²) in [5, 5.41) is 18.3. The zero-order valence-corrected chi connectivity index (χ0v) is 27.5. The topological polar surface area (TPSA) is 179 Å². The Balaban J connectivity index is 1.31. The number of ether oxygens (including phenoxy) is 1. The standard InChI is InChI=1S/C33H42N6O7S/c1-22-15-23(2)31(24(3)16-22)47(44,45)38-28(32(41)42)19-37-30(40)21-46-27-17-26(18-36-29-11-7-8-13-34-29)39(20-27)33(43)35-14-12-25-9-5-4-6-10-25/h4-11,13,15-16,26-28,38H,12,14,17-21H2,1-3H3,(H,34,36)(H,35,43)(H,37,40)(H,41,42). The smallest absolute Gasteiger partial charge is 0.323 e. The number of amides is 3. The summed E-state index contributed by atoms with van der Waals surface area (Å²) in [6, 6.07) is 16.6. The number of nitrogens with one attached hydrogen (secondary N) is 4. The number of aryl methyl sites for hydroxylation is 3. The maximum atomic E-state index is 13.2. The number of hydrogen-bond acceptors (Lipinski definition) is 8. The van der Waals surface area contributed by atoms with Crippen LogP contribution in [0.15, 0.2) is 71.8 Å². The average Bonchev–Trinajstić information content (AvgIpc) is 3.44. The molecule has 0 aliphatic carbocycles. The molecule has 3 atom stereocenters. The SMILES string of the molecule is Cc1cc(C)c(S(=O)(=O)NC(CNC(=O)COC2CC(CNc3ccccn3)N(C(=O)NCCc3ccccc3)C2)C(=O)O)c(C)c1. The predicted molar refractivity (Wildman–Crippen MR) is 177 cm³/mol. The summed E-state index contributed by atoms with van der Waals surface area (Å²) in [7, 11) is -4.19. The summed E-state index contributed by atoms with van der Waals surface area (Å²) < 4.78 is 34.2. The number of pyridine rings is 1. The summed E-state index contributed by atoms with van der Waals surface area (Å²) in [6.07, 6.45) is 2.33. The molecule has 2 aromatic carbocycles. The van der Waals surface area contributed by atoms with Crippen molar-refractivity contribution in [2.75, 3.05) is 38.1 Å². The van der Waals surface area contributed by atoms with Gasteiger partial charge in [-0.2, -0.15) is 4.72 Å². The van der Waals surface area contributed by atoms with Crippen LogP contribution >= 0.6 is 0 Å². The number of urea groups is 1. The lowest BCUT2D eigenvalue weighted by Crippen LogP contribution is -2.49. The Bertz CT molecular complexity index is 1620. The molecule has 3 aromatic rings. The third-order valence-electron chi connectivity index (χ3n) is 7.78. The first-order valence-electron chi connectivity index (χ1n) is 15.4. The number of carboxylic acids is 1.